The van der Waals surface area contributed by atoms with Gasteiger partial charge in [0.05, 0.1) is 11.6 Å². The zero-order valence-electron chi connectivity index (χ0n) is 10.8. The quantitative estimate of drug-likeness (QED) is 0.781. The van der Waals surface area contributed by atoms with Gasteiger partial charge in [-0.05, 0) is 40.2 Å². The normalized spacial score (nSPS) is 20.1. The van der Waals surface area contributed by atoms with Gasteiger partial charge in [-0.2, -0.15) is 4.98 Å². The summed E-state index contributed by atoms with van der Waals surface area (Å²) in [4.78, 5) is 20.9. The van der Waals surface area contributed by atoms with Crippen molar-refractivity contribution in [3.8, 4) is 0 Å². The molecule has 1 aliphatic heterocycles. The summed E-state index contributed by atoms with van der Waals surface area (Å²) in [5.41, 5.74) is 1.84. The van der Waals surface area contributed by atoms with E-state index in [9.17, 15) is 4.79 Å². The lowest BCUT2D eigenvalue weighted by Crippen LogP contribution is -2.34. The molecule has 0 spiro atoms. The monoisotopic (exact) mass is 254 g/mol. The van der Waals surface area contributed by atoms with Crippen LogP contribution in [0.1, 0.15) is 56.2 Å². The molecule has 1 saturated heterocycles. The van der Waals surface area contributed by atoms with Crippen molar-refractivity contribution in [2.24, 2.45) is 0 Å². The Morgan fingerprint density at radius 2 is 2.33 bits per heavy atom. The van der Waals surface area contributed by atoms with E-state index in [2.05, 4.69) is 20.9 Å². The van der Waals surface area contributed by atoms with E-state index in [1.54, 1.807) is 0 Å². The molecular weight excluding hydrogens is 236 g/mol. The SMILES string of the molecule is CC(C)(C)ONC(=O)c1noc(C2CCCN2)n1. The van der Waals surface area contributed by atoms with E-state index < -0.39 is 11.5 Å². The van der Waals surface area contributed by atoms with Crippen molar-refractivity contribution in [2.45, 2.75) is 45.3 Å². The van der Waals surface area contributed by atoms with Crippen molar-refractivity contribution >= 4 is 5.91 Å². The Bertz CT molecular complexity index is 418. The van der Waals surface area contributed by atoms with Gasteiger partial charge in [-0.25, -0.2) is 5.48 Å². The Kier molecular flexibility index (Phi) is 3.63. The second-order valence-electron chi connectivity index (χ2n) is 5.25. The molecule has 0 bridgehead atoms. The molecule has 0 radical (unpaired) electrons. The van der Waals surface area contributed by atoms with Gasteiger partial charge in [-0.1, -0.05) is 5.16 Å². The smallest absolute Gasteiger partial charge is 0.316 e. The number of carbonyl (C=O) groups is 1. The number of nitrogens with zero attached hydrogens (tertiary/aromatic N) is 2. The molecule has 2 rings (SSSR count). The Labute approximate surface area is 105 Å². The van der Waals surface area contributed by atoms with Gasteiger partial charge in [0, 0.05) is 0 Å². The molecule has 7 heteroatoms. The van der Waals surface area contributed by atoms with Crippen LogP contribution in [0, 0.1) is 0 Å². The van der Waals surface area contributed by atoms with Crippen molar-refractivity contribution in [1.29, 1.82) is 0 Å². The predicted molar refractivity (Wildman–Crippen MR) is 62.6 cm³/mol. The van der Waals surface area contributed by atoms with Gasteiger partial charge in [0.2, 0.25) is 5.89 Å². The Morgan fingerprint density at radius 1 is 1.56 bits per heavy atom. The molecule has 0 aliphatic carbocycles. The maximum absolute atomic E-state index is 11.7. The minimum Gasteiger partial charge on any atom is -0.337 e. The van der Waals surface area contributed by atoms with E-state index in [1.807, 2.05) is 20.8 Å². The molecule has 1 aromatic rings. The van der Waals surface area contributed by atoms with Crippen LogP contribution in [0.3, 0.4) is 0 Å². The minimum absolute atomic E-state index is 0.0112. The Morgan fingerprint density at radius 3 is 2.94 bits per heavy atom. The number of amides is 1. The molecule has 1 atom stereocenters. The number of hydrogen-bond acceptors (Lipinski definition) is 6. The minimum atomic E-state index is -0.502. The second kappa shape index (κ2) is 5.03. The number of rotatable bonds is 3. The lowest BCUT2D eigenvalue weighted by atomic mass is 10.2. The molecule has 2 N–H and O–H groups in total. The third-order valence-corrected chi connectivity index (χ3v) is 2.45. The molecule has 0 aromatic carbocycles. The summed E-state index contributed by atoms with van der Waals surface area (Å²) < 4.78 is 5.06. The van der Waals surface area contributed by atoms with Gasteiger partial charge < -0.3 is 9.84 Å². The predicted octanol–water partition coefficient (Wildman–Crippen LogP) is 0.954. The highest BCUT2D eigenvalue weighted by molar-refractivity contribution is 5.89. The zero-order valence-corrected chi connectivity index (χ0v) is 10.8. The molecule has 2 heterocycles. The van der Waals surface area contributed by atoms with Crippen LogP contribution in [0.5, 0.6) is 0 Å². The summed E-state index contributed by atoms with van der Waals surface area (Å²) in [6.07, 6.45) is 2.02. The van der Waals surface area contributed by atoms with Crippen molar-refractivity contribution in [3.05, 3.63) is 11.7 Å². The van der Waals surface area contributed by atoms with E-state index in [0.29, 0.717) is 5.89 Å². The van der Waals surface area contributed by atoms with Crippen molar-refractivity contribution in [2.75, 3.05) is 6.54 Å². The number of nitrogens with one attached hydrogen (secondary N) is 2. The van der Waals surface area contributed by atoms with Crippen LogP contribution in [0.15, 0.2) is 4.52 Å². The van der Waals surface area contributed by atoms with Crippen LogP contribution in [0.25, 0.3) is 0 Å². The first-order valence-corrected chi connectivity index (χ1v) is 6.01. The number of hydrogen-bond donors (Lipinski definition) is 2. The molecular formula is C11H18N4O3. The third-order valence-electron chi connectivity index (χ3n) is 2.45. The first-order chi connectivity index (χ1) is 8.46. The molecule has 18 heavy (non-hydrogen) atoms. The highest BCUT2D eigenvalue weighted by atomic mass is 16.7. The van der Waals surface area contributed by atoms with Crippen molar-refractivity contribution < 1.29 is 14.2 Å². The lowest BCUT2D eigenvalue weighted by Gasteiger charge is -2.17. The number of aromatic nitrogens is 2. The van der Waals surface area contributed by atoms with Gasteiger partial charge in [0.15, 0.2) is 0 Å². The summed E-state index contributed by atoms with van der Waals surface area (Å²) >= 11 is 0. The lowest BCUT2D eigenvalue weighted by molar-refractivity contribution is -0.0594. The van der Waals surface area contributed by atoms with Crippen LogP contribution in [-0.2, 0) is 4.84 Å². The van der Waals surface area contributed by atoms with E-state index in [4.69, 9.17) is 9.36 Å². The summed E-state index contributed by atoms with van der Waals surface area (Å²) in [6.45, 7) is 6.42. The molecule has 1 aliphatic rings. The standard InChI is InChI=1S/C11H18N4O3/c1-11(2,3)18-15-9(16)8-13-10(17-14-8)7-5-4-6-12-7/h7,12H,4-6H2,1-3H3,(H,15,16). The first-order valence-electron chi connectivity index (χ1n) is 6.01. The highest BCUT2D eigenvalue weighted by Crippen LogP contribution is 2.20. The molecule has 0 saturated carbocycles. The van der Waals surface area contributed by atoms with Crippen LogP contribution in [-0.4, -0.2) is 28.2 Å². The molecule has 1 unspecified atom stereocenters. The number of hydroxylamine groups is 1. The third kappa shape index (κ3) is 3.27. The fourth-order valence-corrected chi connectivity index (χ4v) is 1.61. The van der Waals surface area contributed by atoms with Gasteiger partial charge in [-0.15, -0.1) is 0 Å². The summed E-state index contributed by atoms with van der Waals surface area (Å²) in [7, 11) is 0. The van der Waals surface area contributed by atoms with E-state index >= 15 is 0 Å². The maximum Gasteiger partial charge on any atom is 0.316 e. The van der Waals surface area contributed by atoms with Crippen LogP contribution in [0.2, 0.25) is 0 Å². The average molecular weight is 254 g/mol. The molecule has 1 aromatic heterocycles. The average Bonchev–Trinajstić information content (AvgIpc) is 2.94. The summed E-state index contributed by atoms with van der Waals surface area (Å²) in [6, 6.07) is 0.0579. The van der Waals surface area contributed by atoms with Crippen molar-refractivity contribution in [3.63, 3.8) is 0 Å². The maximum atomic E-state index is 11.7. The second-order valence-corrected chi connectivity index (χ2v) is 5.25. The summed E-state index contributed by atoms with van der Waals surface area (Å²) in [5, 5.41) is 6.87. The van der Waals surface area contributed by atoms with E-state index in [1.165, 1.54) is 0 Å². The van der Waals surface area contributed by atoms with Crippen LogP contribution in [0.4, 0.5) is 0 Å². The largest absolute Gasteiger partial charge is 0.337 e. The van der Waals surface area contributed by atoms with E-state index in [-0.39, 0.29) is 11.9 Å². The van der Waals surface area contributed by atoms with Gasteiger partial charge >= 0.3 is 5.91 Å². The van der Waals surface area contributed by atoms with E-state index in [0.717, 1.165) is 19.4 Å². The fraction of sp³-hybridized carbons (Fsp3) is 0.727. The van der Waals surface area contributed by atoms with Crippen molar-refractivity contribution in [1.82, 2.24) is 20.9 Å². The number of carbonyl (C=O) groups excluding carboxylic acids is 1. The van der Waals surface area contributed by atoms with Gasteiger partial charge in [0.1, 0.15) is 0 Å². The molecule has 100 valence electrons. The Hall–Kier alpha value is -1.47. The first kappa shape index (κ1) is 13.0. The molecule has 1 fully saturated rings. The summed E-state index contributed by atoms with van der Waals surface area (Å²) in [5.74, 6) is -0.0609. The van der Waals surface area contributed by atoms with Crippen LogP contribution >= 0.6 is 0 Å². The fourth-order valence-electron chi connectivity index (χ4n) is 1.61. The Balaban J connectivity index is 1.94. The topological polar surface area (TPSA) is 89.3 Å². The molecule has 7 nitrogen and oxygen atoms in total. The van der Waals surface area contributed by atoms with Crippen LogP contribution < -0.4 is 10.8 Å². The molecule has 1 amide bonds. The highest BCUT2D eigenvalue weighted by Gasteiger charge is 2.25. The van der Waals surface area contributed by atoms with Gasteiger partial charge in [0.25, 0.3) is 5.82 Å². The zero-order chi connectivity index (χ0) is 13.2. The van der Waals surface area contributed by atoms with Gasteiger partial charge in [-0.3, -0.25) is 9.63 Å².